The fraction of sp³-hybridized carbons (Fsp3) is 0.300. The Balaban J connectivity index is 2.85. The quantitative estimate of drug-likeness (QED) is 0.832. The molecule has 82 valence electrons. The van der Waals surface area contributed by atoms with Crippen LogP contribution >= 0.6 is 23.2 Å². The van der Waals surface area contributed by atoms with Crippen molar-refractivity contribution in [3.8, 4) is 5.75 Å². The number of amides is 1. The number of nitrogens with one attached hydrogen (secondary N) is 1. The van der Waals surface area contributed by atoms with Crippen molar-refractivity contribution in [3.05, 3.63) is 23.2 Å². The van der Waals surface area contributed by atoms with Gasteiger partial charge in [-0.25, -0.2) is 0 Å². The molecule has 3 nitrogen and oxygen atoms in total. The number of ether oxygens (including phenoxy) is 1. The first-order valence-electron chi connectivity index (χ1n) is 4.45. The van der Waals surface area contributed by atoms with Crippen molar-refractivity contribution in [2.24, 2.45) is 0 Å². The predicted octanol–water partition coefficient (Wildman–Crippen LogP) is 2.92. The van der Waals surface area contributed by atoms with E-state index in [0.29, 0.717) is 23.1 Å². The lowest BCUT2D eigenvalue weighted by Gasteiger charge is -2.08. The predicted molar refractivity (Wildman–Crippen MR) is 62.0 cm³/mol. The largest absolute Gasteiger partial charge is 0.494 e. The lowest BCUT2D eigenvalue weighted by molar-refractivity contribution is -0.113. The van der Waals surface area contributed by atoms with Gasteiger partial charge in [-0.05, 0) is 19.1 Å². The van der Waals surface area contributed by atoms with Crippen LogP contribution in [0.25, 0.3) is 0 Å². The topological polar surface area (TPSA) is 38.3 Å². The fourth-order valence-electron chi connectivity index (χ4n) is 1.04. The molecule has 15 heavy (non-hydrogen) atoms. The summed E-state index contributed by atoms with van der Waals surface area (Å²) in [5, 5.41) is 3.03. The van der Waals surface area contributed by atoms with Gasteiger partial charge in [-0.3, -0.25) is 4.79 Å². The van der Waals surface area contributed by atoms with Gasteiger partial charge in [0, 0.05) is 6.07 Å². The van der Waals surface area contributed by atoms with Crippen LogP contribution < -0.4 is 10.1 Å². The van der Waals surface area contributed by atoms with E-state index in [9.17, 15) is 4.79 Å². The normalized spacial score (nSPS) is 9.80. The summed E-state index contributed by atoms with van der Waals surface area (Å²) in [7, 11) is 0. The van der Waals surface area contributed by atoms with Crippen LogP contribution in [-0.2, 0) is 4.79 Å². The lowest BCUT2D eigenvalue weighted by Crippen LogP contribution is -2.12. The number of alkyl halides is 1. The van der Waals surface area contributed by atoms with Gasteiger partial charge in [-0.15, -0.1) is 11.6 Å². The van der Waals surface area contributed by atoms with E-state index >= 15 is 0 Å². The van der Waals surface area contributed by atoms with Crippen molar-refractivity contribution in [1.29, 1.82) is 0 Å². The summed E-state index contributed by atoms with van der Waals surface area (Å²) in [5.41, 5.74) is 0.508. The van der Waals surface area contributed by atoms with Gasteiger partial charge in [-0.2, -0.15) is 0 Å². The monoisotopic (exact) mass is 247 g/mol. The Morgan fingerprint density at radius 3 is 2.87 bits per heavy atom. The summed E-state index contributed by atoms with van der Waals surface area (Å²) in [4.78, 5) is 11.1. The molecule has 5 heteroatoms. The third-order valence-corrected chi connectivity index (χ3v) is 2.22. The summed E-state index contributed by atoms with van der Waals surface area (Å²) in [6, 6.07) is 5.06. The zero-order valence-corrected chi connectivity index (χ0v) is 9.73. The number of carbonyl (C=O) groups excluding carboxylic acids is 1. The Kier molecular flexibility index (Phi) is 4.72. The van der Waals surface area contributed by atoms with Crippen molar-refractivity contribution in [2.75, 3.05) is 17.8 Å². The maximum atomic E-state index is 11.1. The molecule has 1 amide bonds. The number of hydrogen-bond acceptors (Lipinski definition) is 2. The minimum Gasteiger partial charge on any atom is -0.494 e. The fourth-order valence-corrected chi connectivity index (χ4v) is 1.27. The highest BCUT2D eigenvalue weighted by Crippen LogP contribution is 2.26. The third-order valence-electron chi connectivity index (χ3n) is 1.64. The second-order valence-corrected chi connectivity index (χ2v) is 3.43. The van der Waals surface area contributed by atoms with Crippen LogP contribution in [0.2, 0.25) is 5.02 Å². The number of hydrogen-bond donors (Lipinski definition) is 1. The molecule has 1 N–H and O–H groups in total. The van der Waals surface area contributed by atoms with Gasteiger partial charge in [0.15, 0.2) is 0 Å². The van der Waals surface area contributed by atoms with Crippen molar-refractivity contribution >= 4 is 34.8 Å². The van der Waals surface area contributed by atoms with Gasteiger partial charge >= 0.3 is 0 Å². The molecule has 0 fully saturated rings. The zero-order chi connectivity index (χ0) is 11.3. The van der Waals surface area contributed by atoms with Crippen molar-refractivity contribution in [2.45, 2.75) is 6.92 Å². The Morgan fingerprint density at radius 2 is 2.27 bits per heavy atom. The van der Waals surface area contributed by atoms with E-state index in [0.717, 1.165) is 0 Å². The van der Waals surface area contributed by atoms with Gasteiger partial charge in [-0.1, -0.05) is 11.6 Å². The molecule has 1 rings (SSSR count). The first-order chi connectivity index (χ1) is 7.17. The second kappa shape index (κ2) is 5.83. The average molecular weight is 248 g/mol. The molecular weight excluding hydrogens is 237 g/mol. The van der Waals surface area contributed by atoms with Gasteiger partial charge in [0.25, 0.3) is 0 Å². The van der Waals surface area contributed by atoms with E-state index in [-0.39, 0.29) is 11.8 Å². The highest BCUT2D eigenvalue weighted by molar-refractivity contribution is 6.34. The number of halogens is 2. The highest BCUT2D eigenvalue weighted by Gasteiger charge is 2.06. The number of benzene rings is 1. The average Bonchev–Trinajstić information content (AvgIpc) is 2.23. The second-order valence-electron chi connectivity index (χ2n) is 2.76. The minimum atomic E-state index is -0.299. The Bertz CT molecular complexity index is 355. The van der Waals surface area contributed by atoms with E-state index < -0.39 is 0 Å². The Labute approximate surface area is 98.3 Å². The van der Waals surface area contributed by atoms with Crippen LogP contribution in [0.1, 0.15) is 6.92 Å². The lowest BCUT2D eigenvalue weighted by atomic mass is 10.3. The summed E-state index contributed by atoms with van der Waals surface area (Å²) in [5.74, 6) is 0.258. The van der Waals surface area contributed by atoms with E-state index in [2.05, 4.69) is 5.32 Å². The summed E-state index contributed by atoms with van der Waals surface area (Å²) < 4.78 is 5.27. The molecule has 0 spiro atoms. The number of rotatable bonds is 4. The van der Waals surface area contributed by atoms with Gasteiger partial charge in [0.2, 0.25) is 5.91 Å². The molecule has 1 aromatic carbocycles. The van der Waals surface area contributed by atoms with E-state index in [1.165, 1.54) is 0 Å². The van der Waals surface area contributed by atoms with Gasteiger partial charge in [0.1, 0.15) is 11.6 Å². The molecule has 0 saturated heterocycles. The van der Waals surface area contributed by atoms with Gasteiger partial charge in [0.05, 0.1) is 17.3 Å². The Hall–Kier alpha value is -0.930. The standard InChI is InChI=1S/C10H11Cl2NO2/c1-2-15-7-3-4-8(12)9(5-7)13-10(14)6-11/h3-5H,2,6H2,1H3,(H,13,14). The van der Waals surface area contributed by atoms with Crippen LogP contribution in [-0.4, -0.2) is 18.4 Å². The van der Waals surface area contributed by atoms with Crippen LogP contribution in [0.3, 0.4) is 0 Å². The molecule has 0 atom stereocenters. The van der Waals surface area contributed by atoms with E-state index in [1.54, 1.807) is 18.2 Å². The van der Waals surface area contributed by atoms with Crippen LogP contribution in [0.4, 0.5) is 5.69 Å². The third kappa shape index (κ3) is 3.61. The molecule has 0 aromatic heterocycles. The zero-order valence-electron chi connectivity index (χ0n) is 8.22. The first kappa shape index (κ1) is 12.1. The van der Waals surface area contributed by atoms with Crippen molar-refractivity contribution in [1.82, 2.24) is 0 Å². The van der Waals surface area contributed by atoms with Crippen molar-refractivity contribution < 1.29 is 9.53 Å². The number of carbonyl (C=O) groups is 1. The molecule has 0 unspecified atom stereocenters. The molecule has 0 radical (unpaired) electrons. The number of anilines is 1. The molecule has 0 bridgehead atoms. The Morgan fingerprint density at radius 1 is 1.53 bits per heavy atom. The maximum Gasteiger partial charge on any atom is 0.239 e. The SMILES string of the molecule is CCOc1ccc(Cl)c(NC(=O)CCl)c1. The molecule has 0 aliphatic carbocycles. The minimum absolute atomic E-state index is 0.102. The van der Waals surface area contributed by atoms with E-state index in [4.69, 9.17) is 27.9 Å². The van der Waals surface area contributed by atoms with E-state index in [1.807, 2.05) is 6.92 Å². The van der Waals surface area contributed by atoms with Crippen molar-refractivity contribution in [3.63, 3.8) is 0 Å². The van der Waals surface area contributed by atoms with Crippen LogP contribution in [0, 0.1) is 0 Å². The highest BCUT2D eigenvalue weighted by atomic mass is 35.5. The molecule has 0 heterocycles. The first-order valence-corrected chi connectivity index (χ1v) is 5.36. The molecule has 0 saturated carbocycles. The van der Waals surface area contributed by atoms with Crippen LogP contribution in [0.5, 0.6) is 5.75 Å². The maximum absolute atomic E-state index is 11.1. The molecule has 0 aliphatic rings. The molecule has 0 aliphatic heterocycles. The van der Waals surface area contributed by atoms with Crippen LogP contribution in [0.15, 0.2) is 18.2 Å². The summed E-state index contributed by atoms with van der Waals surface area (Å²) in [6.07, 6.45) is 0. The van der Waals surface area contributed by atoms with Gasteiger partial charge < -0.3 is 10.1 Å². The molecule has 1 aromatic rings. The molecular formula is C10H11Cl2NO2. The summed E-state index contributed by atoms with van der Waals surface area (Å²) >= 11 is 11.3. The smallest absolute Gasteiger partial charge is 0.239 e. The summed E-state index contributed by atoms with van der Waals surface area (Å²) in [6.45, 7) is 2.44.